The lowest BCUT2D eigenvalue weighted by atomic mass is 10.1. The van der Waals surface area contributed by atoms with Gasteiger partial charge in [-0.1, -0.05) is 12.1 Å². The van der Waals surface area contributed by atoms with Crippen LogP contribution in [0.5, 0.6) is 11.5 Å². The SMILES string of the molecule is CCOc1cc(/C=C(\C#N)c2nc3ccccc3s2)cc([N+](=O)[O-])c1O. The van der Waals surface area contributed by atoms with Crippen LogP contribution in [0.2, 0.25) is 0 Å². The number of phenols is 1. The molecule has 0 bridgehead atoms. The molecule has 0 spiro atoms. The van der Waals surface area contributed by atoms with E-state index in [1.54, 1.807) is 6.92 Å². The summed E-state index contributed by atoms with van der Waals surface area (Å²) in [5, 5.41) is 31.1. The molecule has 0 amide bonds. The molecular formula is C18H13N3O4S. The predicted molar refractivity (Wildman–Crippen MR) is 99.0 cm³/mol. The summed E-state index contributed by atoms with van der Waals surface area (Å²) >= 11 is 1.36. The summed E-state index contributed by atoms with van der Waals surface area (Å²) in [5.41, 5.74) is 0.937. The van der Waals surface area contributed by atoms with Gasteiger partial charge in [-0.2, -0.15) is 5.26 Å². The lowest BCUT2D eigenvalue weighted by Crippen LogP contribution is -1.96. The fraction of sp³-hybridized carbons (Fsp3) is 0.111. The number of nitriles is 1. The number of hydrogen-bond acceptors (Lipinski definition) is 7. The summed E-state index contributed by atoms with van der Waals surface area (Å²) in [4.78, 5) is 14.9. The van der Waals surface area contributed by atoms with E-state index in [0.29, 0.717) is 10.6 Å². The molecule has 0 atom stereocenters. The second-order valence-corrected chi connectivity index (χ2v) is 6.26. The third-order valence-corrected chi connectivity index (χ3v) is 4.60. The number of ether oxygens (including phenoxy) is 1. The van der Waals surface area contributed by atoms with Gasteiger partial charge >= 0.3 is 5.69 Å². The largest absolute Gasteiger partial charge is 0.500 e. The Morgan fingerprint density at radius 3 is 2.88 bits per heavy atom. The molecule has 0 aliphatic rings. The maximum atomic E-state index is 11.2. The Bertz CT molecular complexity index is 1030. The minimum Gasteiger partial charge on any atom is -0.500 e. The quantitative estimate of drug-likeness (QED) is 0.407. The van der Waals surface area contributed by atoms with Gasteiger partial charge in [0.15, 0.2) is 5.75 Å². The van der Waals surface area contributed by atoms with Crippen LogP contribution in [0, 0.1) is 21.4 Å². The minimum atomic E-state index is -0.696. The van der Waals surface area contributed by atoms with Gasteiger partial charge in [-0.05, 0) is 36.8 Å². The Morgan fingerprint density at radius 1 is 1.46 bits per heavy atom. The highest BCUT2D eigenvalue weighted by Crippen LogP contribution is 2.38. The average molecular weight is 367 g/mol. The summed E-state index contributed by atoms with van der Waals surface area (Å²) in [6.45, 7) is 1.94. The number of nitro benzene ring substituents is 1. The molecule has 0 unspecified atom stereocenters. The predicted octanol–water partition coefficient (Wildman–Crippen LogP) is 4.37. The van der Waals surface area contributed by atoms with Crippen LogP contribution in [-0.4, -0.2) is 21.6 Å². The zero-order chi connectivity index (χ0) is 18.7. The molecule has 0 saturated carbocycles. The topological polar surface area (TPSA) is 109 Å². The monoisotopic (exact) mass is 367 g/mol. The number of rotatable bonds is 5. The van der Waals surface area contributed by atoms with Crippen molar-refractivity contribution >= 4 is 38.9 Å². The third kappa shape index (κ3) is 3.34. The first-order valence-corrected chi connectivity index (χ1v) is 8.47. The fourth-order valence-electron chi connectivity index (χ4n) is 2.40. The van der Waals surface area contributed by atoms with Gasteiger partial charge in [0.2, 0.25) is 5.75 Å². The van der Waals surface area contributed by atoms with E-state index in [1.165, 1.54) is 29.5 Å². The van der Waals surface area contributed by atoms with E-state index in [-0.39, 0.29) is 17.9 Å². The summed E-state index contributed by atoms with van der Waals surface area (Å²) in [5.74, 6) is -0.540. The van der Waals surface area contributed by atoms with Crippen LogP contribution in [-0.2, 0) is 0 Å². The summed E-state index contributed by atoms with van der Waals surface area (Å²) in [7, 11) is 0. The van der Waals surface area contributed by atoms with Gasteiger partial charge in [0.05, 0.1) is 27.3 Å². The number of phenolic OH excluding ortho intramolecular Hbond substituents is 1. The molecule has 3 rings (SSSR count). The number of allylic oxidation sites excluding steroid dienone is 1. The number of para-hydroxylation sites is 1. The van der Waals surface area contributed by atoms with Gasteiger partial charge in [-0.3, -0.25) is 10.1 Å². The van der Waals surface area contributed by atoms with Crippen molar-refractivity contribution in [3.8, 4) is 17.6 Å². The van der Waals surface area contributed by atoms with Gasteiger partial charge in [0, 0.05) is 6.07 Å². The van der Waals surface area contributed by atoms with Crippen molar-refractivity contribution in [2.24, 2.45) is 0 Å². The van der Waals surface area contributed by atoms with Crippen LogP contribution < -0.4 is 4.74 Å². The van der Waals surface area contributed by atoms with E-state index in [2.05, 4.69) is 11.1 Å². The van der Waals surface area contributed by atoms with Crippen molar-refractivity contribution in [3.05, 3.63) is 57.1 Å². The van der Waals surface area contributed by atoms with Gasteiger partial charge in [0.25, 0.3) is 0 Å². The van der Waals surface area contributed by atoms with E-state index in [0.717, 1.165) is 10.2 Å². The number of aromatic hydroxyl groups is 1. The van der Waals surface area contributed by atoms with Gasteiger partial charge in [-0.25, -0.2) is 4.98 Å². The Labute approximate surface area is 152 Å². The van der Waals surface area contributed by atoms with E-state index < -0.39 is 16.4 Å². The van der Waals surface area contributed by atoms with E-state index in [9.17, 15) is 20.5 Å². The molecular weight excluding hydrogens is 354 g/mol. The van der Waals surface area contributed by atoms with Crippen molar-refractivity contribution < 1.29 is 14.8 Å². The van der Waals surface area contributed by atoms with E-state index in [1.807, 2.05) is 24.3 Å². The molecule has 0 aliphatic heterocycles. The number of nitro groups is 1. The van der Waals surface area contributed by atoms with E-state index in [4.69, 9.17) is 4.74 Å². The summed E-state index contributed by atoms with van der Waals surface area (Å²) in [6.07, 6.45) is 1.49. The molecule has 26 heavy (non-hydrogen) atoms. The molecule has 1 heterocycles. The summed E-state index contributed by atoms with van der Waals surface area (Å²) in [6, 6.07) is 12.2. The molecule has 130 valence electrons. The molecule has 2 aromatic carbocycles. The van der Waals surface area contributed by atoms with Crippen LogP contribution >= 0.6 is 11.3 Å². The molecule has 0 fully saturated rings. The normalized spacial score (nSPS) is 11.3. The van der Waals surface area contributed by atoms with Gasteiger partial charge < -0.3 is 9.84 Å². The standard InChI is InChI=1S/C18H13N3O4S/c1-2-25-15-9-11(8-14(17(15)22)21(23)24)7-12(10-19)18-20-13-5-3-4-6-16(13)26-18/h3-9,22H,2H2,1H3/b12-7+. The molecule has 1 N–H and O–H groups in total. The molecule has 0 aliphatic carbocycles. The van der Waals surface area contributed by atoms with Crippen molar-refractivity contribution in [1.82, 2.24) is 4.98 Å². The number of hydrogen-bond donors (Lipinski definition) is 1. The second-order valence-electron chi connectivity index (χ2n) is 5.23. The van der Waals surface area contributed by atoms with Crippen LogP contribution in [0.15, 0.2) is 36.4 Å². The Kier molecular flexibility index (Phi) is 4.82. The Balaban J connectivity index is 2.11. The van der Waals surface area contributed by atoms with Crippen LogP contribution in [0.4, 0.5) is 5.69 Å². The molecule has 3 aromatic rings. The lowest BCUT2D eigenvalue weighted by Gasteiger charge is -2.07. The highest BCUT2D eigenvalue weighted by molar-refractivity contribution is 7.19. The first-order valence-electron chi connectivity index (χ1n) is 7.65. The highest BCUT2D eigenvalue weighted by Gasteiger charge is 2.20. The number of fused-ring (bicyclic) bond motifs is 1. The van der Waals surface area contributed by atoms with Crippen LogP contribution in [0.25, 0.3) is 21.9 Å². The van der Waals surface area contributed by atoms with Crippen molar-refractivity contribution in [2.75, 3.05) is 6.61 Å². The van der Waals surface area contributed by atoms with Crippen molar-refractivity contribution in [3.63, 3.8) is 0 Å². The van der Waals surface area contributed by atoms with Crippen LogP contribution in [0.3, 0.4) is 0 Å². The Morgan fingerprint density at radius 2 is 2.23 bits per heavy atom. The molecule has 7 nitrogen and oxygen atoms in total. The molecule has 0 radical (unpaired) electrons. The zero-order valence-electron chi connectivity index (χ0n) is 13.7. The van der Waals surface area contributed by atoms with Gasteiger partial charge in [-0.15, -0.1) is 11.3 Å². The first-order chi connectivity index (χ1) is 12.5. The maximum absolute atomic E-state index is 11.2. The number of aromatic nitrogens is 1. The van der Waals surface area contributed by atoms with Crippen molar-refractivity contribution in [1.29, 1.82) is 5.26 Å². The average Bonchev–Trinajstić information content (AvgIpc) is 3.05. The fourth-order valence-corrected chi connectivity index (χ4v) is 3.33. The molecule has 1 aromatic heterocycles. The molecule has 0 saturated heterocycles. The zero-order valence-corrected chi connectivity index (χ0v) is 14.5. The summed E-state index contributed by atoms with van der Waals surface area (Å²) < 4.78 is 6.20. The van der Waals surface area contributed by atoms with Crippen molar-refractivity contribution in [2.45, 2.75) is 6.92 Å². The highest BCUT2D eigenvalue weighted by atomic mass is 32.1. The van der Waals surface area contributed by atoms with E-state index >= 15 is 0 Å². The maximum Gasteiger partial charge on any atom is 0.315 e. The first kappa shape index (κ1) is 17.4. The number of benzene rings is 2. The minimum absolute atomic E-state index is 0.00506. The second kappa shape index (κ2) is 7.21. The third-order valence-electron chi connectivity index (χ3n) is 3.53. The lowest BCUT2D eigenvalue weighted by molar-refractivity contribution is -0.386. The Hall–Kier alpha value is -3.44. The molecule has 8 heteroatoms. The van der Waals surface area contributed by atoms with Crippen LogP contribution in [0.1, 0.15) is 17.5 Å². The number of nitrogens with zero attached hydrogens (tertiary/aromatic N) is 3. The van der Waals surface area contributed by atoms with Gasteiger partial charge in [0.1, 0.15) is 11.1 Å². The smallest absolute Gasteiger partial charge is 0.315 e. The number of thiazole rings is 1.